The molecule has 0 saturated heterocycles. The summed E-state index contributed by atoms with van der Waals surface area (Å²) >= 11 is 0. The maximum Gasteiger partial charge on any atom is 0.0991 e. The first-order valence-corrected chi connectivity index (χ1v) is 22.5. The van der Waals surface area contributed by atoms with E-state index in [-0.39, 0.29) is 6.17 Å². The molecule has 0 fully saturated rings. The molecule has 0 aliphatic rings. The van der Waals surface area contributed by atoms with Crippen molar-refractivity contribution in [1.29, 1.82) is 5.26 Å². The van der Waals surface area contributed by atoms with E-state index in [2.05, 4.69) is 211 Å². The van der Waals surface area contributed by atoms with Crippen LogP contribution in [0.25, 0.3) is 87.6 Å². The average molecular weight is 847 g/mol. The highest BCUT2D eigenvalue weighted by Crippen LogP contribution is 2.41. The number of nitrogens with two attached hydrogens (primary N) is 1. The zero-order valence-corrected chi connectivity index (χ0v) is 36.3. The first kappa shape index (κ1) is 40.6. The lowest BCUT2D eigenvalue weighted by Crippen LogP contribution is -2.40. The van der Waals surface area contributed by atoms with Crippen LogP contribution in [0.15, 0.2) is 231 Å². The fourth-order valence-electron chi connectivity index (χ4n) is 9.59. The minimum absolute atomic E-state index is 0.269. The molecule has 66 heavy (non-hydrogen) atoms. The van der Waals surface area contributed by atoms with E-state index < -0.39 is 6.17 Å². The topological polar surface area (TPSA) is 73.9 Å². The van der Waals surface area contributed by atoms with Gasteiger partial charge in [0.15, 0.2) is 0 Å². The molecular formula is C62H46N4. The van der Waals surface area contributed by atoms with Gasteiger partial charge in [0.1, 0.15) is 0 Å². The summed E-state index contributed by atoms with van der Waals surface area (Å²) in [7, 11) is 0. The van der Waals surface area contributed by atoms with E-state index in [4.69, 9.17) is 5.73 Å². The van der Waals surface area contributed by atoms with Crippen LogP contribution in [0.5, 0.6) is 0 Å². The first-order valence-electron chi connectivity index (χ1n) is 22.5. The number of benzene rings is 11. The Morgan fingerprint density at radius 3 is 1.82 bits per heavy atom. The van der Waals surface area contributed by atoms with E-state index in [0.717, 1.165) is 50.1 Å². The van der Waals surface area contributed by atoms with Gasteiger partial charge in [0, 0.05) is 6.54 Å². The van der Waals surface area contributed by atoms with Crippen molar-refractivity contribution in [2.24, 2.45) is 5.73 Å². The summed E-state index contributed by atoms with van der Waals surface area (Å²) in [6, 6.07) is 84.1. The van der Waals surface area contributed by atoms with Gasteiger partial charge in [-0.2, -0.15) is 5.26 Å². The van der Waals surface area contributed by atoms with Crippen molar-refractivity contribution in [2.45, 2.75) is 18.9 Å². The number of nitrogens with one attached hydrogen (secondary N) is 2. The van der Waals surface area contributed by atoms with Crippen molar-refractivity contribution < 1.29 is 0 Å². The van der Waals surface area contributed by atoms with E-state index in [1.54, 1.807) is 0 Å². The number of hydrogen-bond acceptors (Lipinski definition) is 4. The van der Waals surface area contributed by atoms with E-state index in [1.807, 2.05) is 36.4 Å². The molecule has 2 unspecified atom stereocenters. The highest BCUT2D eigenvalue weighted by Gasteiger charge is 2.19. The van der Waals surface area contributed by atoms with Crippen LogP contribution in [0.4, 0.5) is 0 Å². The fourth-order valence-corrected chi connectivity index (χ4v) is 9.59. The number of nitriles is 1. The second-order valence-electron chi connectivity index (χ2n) is 17.1. The van der Waals surface area contributed by atoms with Crippen molar-refractivity contribution >= 4 is 43.1 Å². The molecule has 4 N–H and O–H groups in total. The highest BCUT2D eigenvalue weighted by atomic mass is 15.2. The van der Waals surface area contributed by atoms with Gasteiger partial charge in [-0.3, -0.25) is 10.6 Å². The summed E-state index contributed by atoms with van der Waals surface area (Å²) in [5.41, 5.74) is 20.2. The van der Waals surface area contributed by atoms with Crippen LogP contribution in [0, 0.1) is 11.3 Å². The van der Waals surface area contributed by atoms with Gasteiger partial charge < -0.3 is 5.73 Å². The van der Waals surface area contributed by atoms with Crippen molar-refractivity contribution in [2.75, 3.05) is 0 Å². The van der Waals surface area contributed by atoms with Gasteiger partial charge in [-0.1, -0.05) is 194 Å². The van der Waals surface area contributed by atoms with Gasteiger partial charge in [-0.05, 0) is 141 Å². The van der Waals surface area contributed by atoms with Crippen LogP contribution in [0.1, 0.15) is 34.6 Å². The maximum absolute atomic E-state index is 9.32. The van der Waals surface area contributed by atoms with Gasteiger partial charge in [0.25, 0.3) is 0 Å². The molecule has 0 radical (unpaired) electrons. The molecule has 11 aromatic rings. The Morgan fingerprint density at radius 2 is 1.03 bits per heavy atom. The van der Waals surface area contributed by atoms with Crippen LogP contribution in [0.3, 0.4) is 0 Å². The van der Waals surface area contributed by atoms with E-state index >= 15 is 0 Å². The van der Waals surface area contributed by atoms with Crippen molar-refractivity contribution in [3.63, 3.8) is 0 Å². The van der Waals surface area contributed by atoms with E-state index in [1.165, 1.54) is 54.2 Å². The van der Waals surface area contributed by atoms with E-state index in [9.17, 15) is 5.26 Å². The van der Waals surface area contributed by atoms with Crippen molar-refractivity contribution in [3.8, 4) is 50.6 Å². The molecule has 0 saturated carbocycles. The third kappa shape index (κ3) is 8.00. The molecular weight excluding hydrogens is 801 g/mol. The molecule has 0 aromatic heterocycles. The monoisotopic (exact) mass is 846 g/mol. The minimum Gasteiger partial charge on any atom is -0.312 e. The molecule has 0 heterocycles. The summed E-state index contributed by atoms with van der Waals surface area (Å²) in [5.74, 6) is 0. The summed E-state index contributed by atoms with van der Waals surface area (Å²) in [6.07, 6.45) is -0.727. The van der Waals surface area contributed by atoms with Gasteiger partial charge in [-0.15, -0.1) is 0 Å². The Hall–Kier alpha value is -8.17. The first-order chi connectivity index (χ1) is 32.6. The average Bonchev–Trinajstić information content (AvgIpc) is 3.39. The third-order valence-corrected chi connectivity index (χ3v) is 13.0. The largest absolute Gasteiger partial charge is 0.312 e. The van der Waals surface area contributed by atoms with Crippen LogP contribution < -0.4 is 16.4 Å². The molecule has 314 valence electrons. The predicted molar refractivity (Wildman–Crippen MR) is 275 cm³/mol. The minimum atomic E-state index is -0.458. The Kier molecular flexibility index (Phi) is 10.9. The smallest absolute Gasteiger partial charge is 0.0991 e. The van der Waals surface area contributed by atoms with Gasteiger partial charge >= 0.3 is 0 Å². The molecule has 0 spiro atoms. The number of fused-ring (bicyclic) bond motifs is 5. The molecule has 4 heteroatoms. The Labute approximate surface area is 385 Å². The van der Waals surface area contributed by atoms with Crippen LogP contribution in [-0.2, 0) is 6.54 Å². The van der Waals surface area contributed by atoms with Crippen LogP contribution in [-0.4, -0.2) is 0 Å². The summed E-state index contributed by atoms with van der Waals surface area (Å²) in [4.78, 5) is 0. The highest BCUT2D eigenvalue weighted by molar-refractivity contribution is 6.20. The van der Waals surface area contributed by atoms with Gasteiger partial charge in [-0.25, -0.2) is 0 Å². The number of nitrogens with zero attached hydrogens (tertiary/aromatic N) is 1. The molecule has 2 atom stereocenters. The van der Waals surface area contributed by atoms with Gasteiger partial charge in [0.05, 0.1) is 24.0 Å². The lowest BCUT2D eigenvalue weighted by Gasteiger charge is -2.27. The van der Waals surface area contributed by atoms with E-state index in [0.29, 0.717) is 12.1 Å². The maximum atomic E-state index is 9.32. The van der Waals surface area contributed by atoms with Gasteiger partial charge in [0.2, 0.25) is 0 Å². The van der Waals surface area contributed by atoms with Crippen LogP contribution >= 0.6 is 0 Å². The zero-order chi connectivity index (χ0) is 44.4. The standard InChI is InChI=1S/C62H46N4/c63-39-41-21-23-43(24-22-41)48-16-10-11-42(35-48)40-65-62(66-61(64)58-20-9-8-17-54(58)45-12-2-1-3-13-45)47-27-25-44(26-28-47)49-29-30-51-37-53(32-31-50(51)36-49)60-56-19-7-5-15-52(56)38-59-55-18-6-4-14-46(55)33-34-57(59)60/h1-38,61-62,65-66H,40,64H2. The molecule has 0 aliphatic carbocycles. The summed E-state index contributed by atoms with van der Waals surface area (Å²) in [6.45, 7) is 0.606. The Morgan fingerprint density at radius 1 is 0.424 bits per heavy atom. The SMILES string of the molecule is N#Cc1ccc(-c2cccc(CNC(NC(N)c3ccccc3-c3ccccc3)c3ccc(-c4ccc5cc(-c6c7ccccc7cc7c6ccc6ccccc67)ccc5c4)cc3)c2)cc1. The molecule has 11 aromatic carbocycles. The normalized spacial score (nSPS) is 12.4. The lowest BCUT2D eigenvalue weighted by atomic mass is 9.89. The molecule has 11 rings (SSSR count). The summed E-state index contributed by atoms with van der Waals surface area (Å²) < 4.78 is 0. The molecule has 0 aliphatic heterocycles. The number of hydrogen-bond donors (Lipinski definition) is 3. The molecule has 4 nitrogen and oxygen atoms in total. The fraction of sp³-hybridized carbons (Fsp3) is 0.0484. The summed E-state index contributed by atoms with van der Waals surface area (Å²) in [5, 5.41) is 26.9. The second-order valence-corrected chi connectivity index (χ2v) is 17.1. The lowest BCUT2D eigenvalue weighted by molar-refractivity contribution is 0.386. The van der Waals surface area contributed by atoms with Crippen molar-refractivity contribution in [3.05, 3.63) is 253 Å². The number of rotatable bonds is 11. The predicted octanol–water partition coefficient (Wildman–Crippen LogP) is 14.9. The quantitative estimate of drug-likeness (QED) is 0.0689. The molecule has 0 bridgehead atoms. The second kappa shape index (κ2) is 17.8. The van der Waals surface area contributed by atoms with Crippen LogP contribution in [0.2, 0.25) is 0 Å². The Bertz CT molecular complexity index is 3590. The van der Waals surface area contributed by atoms with Crippen molar-refractivity contribution in [1.82, 2.24) is 10.6 Å². The third-order valence-electron chi connectivity index (χ3n) is 13.0. The zero-order valence-electron chi connectivity index (χ0n) is 36.3. The Balaban J connectivity index is 0.899. The molecule has 0 amide bonds.